The van der Waals surface area contributed by atoms with Gasteiger partial charge in [-0.25, -0.2) is 0 Å². The average Bonchev–Trinajstić information content (AvgIpc) is 3.41. The van der Waals surface area contributed by atoms with E-state index in [9.17, 15) is 0 Å². The summed E-state index contributed by atoms with van der Waals surface area (Å²) in [7, 11) is 2.22. The largest absolute Gasteiger partial charge is 0.379 e. The minimum absolute atomic E-state index is 0. The topological polar surface area (TPSA) is 52.1 Å². The lowest BCUT2D eigenvalue weighted by atomic mass is 10.3. The zero-order valence-corrected chi connectivity index (χ0v) is 17.9. The molecule has 0 amide bonds. The van der Waals surface area contributed by atoms with Crippen molar-refractivity contribution in [1.29, 1.82) is 0 Å². The van der Waals surface area contributed by atoms with Crippen molar-refractivity contribution in [2.45, 2.75) is 45.2 Å². The summed E-state index contributed by atoms with van der Waals surface area (Å²) >= 11 is 0. The molecule has 0 spiro atoms. The minimum Gasteiger partial charge on any atom is -0.379 e. The van der Waals surface area contributed by atoms with Crippen LogP contribution >= 0.6 is 24.0 Å². The molecule has 2 N–H and O–H groups in total. The lowest BCUT2D eigenvalue weighted by Crippen LogP contribution is -2.41. The standard InChI is InChI=1S/C17H35N5O.HI/c1-4-18-17(20-14-15(2)21(3)16-6-7-16)19-8-5-9-22-10-12-23-13-11-22;/h15-16H,4-14H2,1-3H3,(H2,18,19,20);1H. The molecular weight excluding hydrogens is 417 g/mol. The van der Waals surface area contributed by atoms with Crippen LogP contribution in [0.25, 0.3) is 0 Å². The van der Waals surface area contributed by atoms with E-state index in [1.54, 1.807) is 0 Å². The second-order valence-electron chi connectivity index (χ2n) is 6.70. The van der Waals surface area contributed by atoms with Crippen LogP contribution < -0.4 is 10.6 Å². The van der Waals surface area contributed by atoms with Crippen molar-refractivity contribution in [3.63, 3.8) is 0 Å². The first-order chi connectivity index (χ1) is 11.2. The maximum absolute atomic E-state index is 5.38. The Morgan fingerprint density at radius 2 is 2.00 bits per heavy atom. The number of nitrogens with one attached hydrogen (secondary N) is 2. The highest BCUT2D eigenvalue weighted by Crippen LogP contribution is 2.26. The van der Waals surface area contributed by atoms with Gasteiger partial charge in [-0.3, -0.25) is 14.8 Å². The van der Waals surface area contributed by atoms with Gasteiger partial charge in [-0.2, -0.15) is 0 Å². The molecule has 2 fully saturated rings. The smallest absolute Gasteiger partial charge is 0.191 e. The molecule has 1 saturated heterocycles. The van der Waals surface area contributed by atoms with Gasteiger partial charge in [0, 0.05) is 38.3 Å². The maximum atomic E-state index is 5.38. The summed E-state index contributed by atoms with van der Waals surface area (Å²) in [5.74, 6) is 0.950. The summed E-state index contributed by atoms with van der Waals surface area (Å²) < 4.78 is 5.38. The fourth-order valence-corrected chi connectivity index (χ4v) is 2.87. The summed E-state index contributed by atoms with van der Waals surface area (Å²) in [5, 5.41) is 6.81. The van der Waals surface area contributed by atoms with Crippen LogP contribution in [0.1, 0.15) is 33.1 Å². The fraction of sp³-hybridized carbons (Fsp3) is 0.941. The van der Waals surface area contributed by atoms with Crippen molar-refractivity contribution in [2.75, 3.05) is 59.5 Å². The number of morpholine rings is 1. The van der Waals surface area contributed by atoms with Crippen LogP contribution in [0, 0.1) is 0 Å². The number of nitrogens with zero attached hydrogens (tertiary/aromatic N) is 3. The van der Waals surface area contributed by atoms with Gasteiger partial charge in [0.25, 0.3) is 0 Å². The summed E-state index contributed by atoms with van der Waals surface area (Å²) in [6.07, 6.45) is 3.84. The Labute approximate surface area is 164 Å². The number of hydrogen-bond donors (Lipinski definition) is 2. The number of ether oxygens (including phenoxy) is 1. The molecule has 24 heavy (non-hydrogen) atoms. The molecule has 0 radical (unpaired) electrons. The van der Waals surface area contributed by atoms with E-state index in [-0.39, 0.29) is 24.0 Å². The molecular formula is C17H36IN5O. The highest BCUT2D eigenvalue weighted by molar-refractivity contribution is 14.0. The quantitative estimate of drug-likeness (QED) is 0.239. The third-order valence-corrected chi connectivity index (χ3v) is 4.72. The molecule has 1 atom stereocenters. The van der Waals surface area contributed by atoms with Crippen molar-refractivity contribution < 1.29 is 4.74 Å². The van der Waals surface area contributed by atoms with Crippen LogP contribution in [-0.2, 0) is 4.74 Å². The predicted octanol–water partition coefficient (Wildman–Crippen LogP) is 1.36. The molecule has 142 valence electrons. The molecule has 0 aromatic heterocycles. The molecule has 1 heterocycles. The molecule has 1 unspecified atom stereocenters. The van der Waals surface area contributed by atoms with Gasteiger partial charge in [-0.15, -0.1) is 24.0 Å². The Balaban J connectivity index is 0.00000288. The third kappa shape index (κ3) is 8.31. The summed E-state index contributed by atoms with van der Waals surface area (Å²) in [4.78, 5) is 9.69. The van der Waals surface area contributed by atoms with Crippen LogP contribution in [0.15, 0.2) is 4.99 Å². The molecule has 6 nitrogen and oxygen atoms in total. The number of aliphatic imine (C=N–C) groups is 1. The molecule has 0 bridgehead atoms. The number of rotatable bonds is 9. The Morgan fingerprint density at radius 1 is 1.29 bits per heavy atom. The van der Waals surface area contributed by atoms with E-state index < -0.39 is 0 Å². The van der Waals surface area contributed by atoms with E-state index >= 15 is 0 Å². The van der Waals surface area contributed by atoms with E-state index in [1.165, 1.54) is 12.8 Å². The molecule has 7 heteroatoms. The highest BCUT2D eigenvalue weighted by Gasteiger charge is 2.28. The molecule has 2 rings (SSSR count). The highest BCUT2D eigenvalue weighted by atomic mass is 127. The minimum atomic E-state index is 0. The lowest BCUT2D eigenvalue weighted by Gasteiger charge is -2.26. The first-order valence-corrected chi connectivity index (χ1v) is 9.25. The number of hydrogen-bond acceptors (Lipinski definition) is 4. The van der Waals surface area contributed by atoms with E-state index in [2.05, 4.69) is 41.3 Å². The lowest BCUT2D eigenvalue weighted by molar-refractivity contribution is 0.0376. The number of halogens is 1. The predicted molar refractivity (Wildman–Crippen MR) is 112 cm³/mol. The van der Waals surface area contributed by atoms with Crippen molar-refractivity contribution in [3.05, 3.63) is 0 Å². The number of likely N-dealkylation sites (N-methyl/N-ethyl adjacent to an activating group) is 1. The van der Waals surface area contributed by atoms with Crippen molar-refractivity contribution in [2.24, 2.45) is 4.99 Å². The summed E-state index contributed by atoms with van der Waals surface area (Å²) in [5.41, 5.74) is 0. The summed E-state index contributed by atoms with van der Waals surface area (Å²) in [6.45, 7) is 12.1. The fourth-order valence-electron chi connectivity index (χ4n) is 2.87. The van der Waals surface area contributed by atoms with Crippen LogP contribution in [0.4, 0.5) is 0 Å². The molecule has 0 aromatic carbocycles. The average molecular weight is 453 g/mol. The molecule has 1 aliphatic heterocycles. The van der Waals surface area contributed by atoms with Gasteiger partial charge in [0.1, 0.15) is 0 Å². The second kappa shape index (κ2) is 12.3. The van der Waals surface area contributed by atoms with Crippen LogP contribution in [0.5, 0.6) is 0 Å². The van der Waals surface area contributed by atoms with Crippen LogP contribution in [0.2, 0.25) is 0 Å². The molecule has 1 saturated carbocycles. The van der Waals surface area contributed by atoms with Gasteiger partial charge in [0.05, 0.1) is 19.8 Å². The second-order valence-corrected chi connectivity index (χ2v) is 6.70. The Morgan fingerprint density at radius 3 is 2.62 bits per heavy atom. The zero-order chi connectivity index (χ0) is 16.5. The van der Waals surface area contributed by atoms with Crippen LogP contribution in [0.3, 0.4) is 0 Å². The van der Waals surface area contributed by atoms with E-state index in [4.69, 9.17) is 9.73 Å². The third-order valence-electron chi connectivity index (χ3n) is 4.72. The van der Waals surface area contributed by atoms with E-state index in [0.29, 0.717) is 6.04 Å². The van der Waals surface area contributed by atoms with Gasteiger partial charge in [-0.05, 0) is 46.7 Å². The zero-order valence-electron chi connectivity index (χ0n) is 15.6. The van der Waals surface area contributed by atoms with E-state index in [0.717, 1.165) is 70.9 Å². The van der Waals surface area contributed by atoms with E-state index in [1.807, 2.05) is 0 Å². The molecule has 1 aliphatic carbocycles. The van der Waals surface area contributed by atoms with Crippen molar-refractivity contribution in [1.82, 2.24) is 20.4 Å². The number of guanidine groups is 1. The molecule has 2 aliphatic rings. The normalized spacial score (nSPS) is 20.6. The van der Waals surface area contributed by atoms with Crippen molar-refractivity contribution >= 4 is 29.9 Å². The monoisotopic (exact) mass is 453 g/mol. The SMILES string of the molecule is CCNC(=NCC(C)N(C)C1CC1)NCCCN1CCOCC1.I. The Kier molecular flexibility index (Phi) is 11.2. The van der Waals surface area contributed by atoms with Crippen LogP contribution in [-0.4, -0.2) is 87.4 Å². The first kappa shape index (κ1) is 21.9. The maximum Gasteiger partial charge on any atom is 0.191 e. The van der Waals surface area contributed by atoms with Gasteiger partial charge in [0.2, 0.25) is 0 Å². The van der Waals surface area contributed by atoms with Crippen molar-refractivity contribution in [3.8, 4) is 0 Å². The Hall–Kier alpha value is -0.120. The van der Waals surface area contributed by atoms with Gasteiger partial charge < -0.3 is 15.4 Å². The first-order valence-electron chi connectivity index (χ1n) is 9.25. The summed E-state index contributed by atoms with van der Waals surface area (Å²) in [6, 6.07) is 1.30. The van der Waals surface area contributed by atoms with Gasteiger partial charge in [0.15, 0.2) is 5.96 Å². The van der Waals surface area contributed by atoms with Gasteiger partial charge in [-0.1, -0.05) is 0 Å². The Bertz CT molecular complexity index is 359. The van der Waals surface area contributed by atoms with Gasteiger partial charge >= 0.3 is 0 Å². The molecule has 0 aromatic rings.